The number of nitrogens with zero attached hydrogens (tertiary/aromatic N) is 2. The van der Waals surface area contributed by atoms with E-state index in [1.165, 1.54) is 0 Å². The zero-order valence-corrected chi connectivity index (χ0v) is 8.93. The lowest BCUT2D eigenvalue weighted by Gasteiger charge is -2.09. The average molecular weight is 211 g/mol. The largest absolute Gasteiger partial charge is 0.401 e. The van der Waals surface area contributed by atoms with Crippen molar-refractivity contribution < 1.29 is 0 Å². The zero-order chi connectivity index (χ0) is 11.0. The molecule has 1 aliphatic carbocycles. The van der Waals surface area contributed by atoms with Gasteiger partial charge in [-0.05, 0) is 25.0 Å². The van der Waals surface area contributed by atoms with Crippen molar-refractivity contribution in [1.29, 1.82) is 0 Å². The normalized spacial score (nSPS) is 16.0. The quantitative estimate of drug-likeness (QED) is 0.786. The number of aromatic nitrogens is 2. The van der Waals surface area contributed by atoms with Crippen molar-refractivity contribution in [2.75, 3.05) is 0 Å². The van der Waals surface area contributed by atoms with Gasteiger partial charge in [0.15, 0.2) is 0 Å². The zero-order valence-electron chi connectivity index (χ0n) is 8.93. The fourth-order valence-electron chi connectivity index (χ4n) is 2.00. The Bertz CT molecular complexity index is 557. The van der Waals surface area contributed by atoms with E-state index in [9.17, 15) is 0 Å². The molecule has 2 heterocycles. The van der Waals surface area contributed by atoms with Gasteiger partial charge in [-0.2, -0.15) is 0 Å². The van der Waals surface area contributed by atoms with E-state index in [1.54, 1.807) is 0 Å². The first-order chi connectivity index (χ1) is 7.84. The summed E-state index contributed by atoms with van der Waals surface area (Å²) in [5.74, 6) is 0. The second-order valence-electron chi connectivity index (χ2n) is 3.97. The van der Waals surface area contributed by atoms with Crippen LogP contribution in [0.15, 0.2) is 48.4 Å². The van der Waals surface area contributed by atoms with Crippen molar-refractivity contribution in [3.63, 3.8) is 0 Å². The molecule has 2 N–H and O–H groups in total. The maximum absolute atomic E-state index is 6.01. The SMILES string of the molecule is NC1=C(c2cn3ccccc3n2)C=CCC1. The molecule has 3 heteroatoms. The third-order valence-corrected chi connectivity index (χ3v) is 2.85. The number of rotatable bonds is 1. The van der Waals surface area contributed by atoms with Crippen molar-refractivity contribution in [3.8, 4) is 0 Å². The highest BCUT2D eigenvalue weighted by molar-refractivity contribution is 5.76. The van der Waals surface area contributed by atoms with E-state index in [0.717, 1.165) is 35.5 Å². The van der Waals surface area contributed by atoms with E-state index in [4.69, 9.17) is 5.73 Å². The monoisotopic (exact) mass is 211 g/mol. The Labute approximate surface area is 93.9 Å². The molecule has 1 aliphatic rings. The van der Waals surface area contributed by atoms with E-state index >= 15 is 0 Å². The molecule has 0 aliphatic heterocycles. The van der Waals surface area contributed by atoms with Gasteiger partial charge in [-0.25, -0.2) is 4.98 Å². The molecule has 16 heavy (non-hydrogen) atoms. The van der Waals surface area contributed by atoms with Crippen molar-refractivity contribution in [3.05, 3.63) is 54.1 Å². The van der Waals surface area contributed by atoms with Gasteiger partial charge in [0, 0.05) is 23.7 Å². The van der Waals surface area contributed by atoms with E-state index in [1.807, 2.05) is 35.0 Å². The number of hydrogen-bond acceptors (Lipinski definition) is 2. The predicted molar refractivity (Wildman–Crippen MR) is 64.7 cm³/mol. The van der Waals surface area contributed by atoms with Crippen LogP contribution in [0.25, 0.3) is 11.2 Å². The molecule has 0 amide bonds. The minimum absolute atomic E-state index is 0.930. The fraction of sp³-hybridized carbons (Fsp3) is 0.154. The third kappa shape index (κ3) is 1.41. The number of allylic oxidation sites excluding steroid dienone is 4. The van der Waals surface area contributed by atoms with E-state index in [2.05, 4.69) is 17.1 Å². The fourth-order valence-corrected chi connectivity index (χ4v) is 2.00. The number of nitrogens with two attached hydrogens (primary N) is 1. The molecule has 0 aromatic carbocycles. The van der Waals surface area contributed by atoms with Gasteiger partial charge in [0.2, 0.25) is 0 Å². The van der Waals surface area contributed by atoms with Crippen LogP contribution < -0.4 is 5.73 Å². The Morgan fingerprint density at radius 2 is 2.25 bits per heavy atom. The van der Waals surface area contributed by atoms with Gasteiger partial charge in [-0.1, -0.05) is 18.2 Å². The summed E-state index contributed by atoms with van der Waals surface area (Å²) in [7, 11) is 0. The van der Waals surface area contributed by atoms with Gasteiger partial charge in [0.25, 0.3) is 0 Å². The first-order valence-corrected chi connectivity index (χ1v) is 5.44. The summed E-state index contributed by atoms with van der Waals surface area (Å²) in [5.41, 5.74) is 9.93. The van der Waals surface area contributed by atoms with Gasteiger partial charge >= 0.3 is 0 Å². The summed E-state index contributed by atoms with van der Waals surface area (Å²) in [5, 5.41) is 0. The van der Waals surface area contributed by atoms with Gasteiger partial charge < -0.3 is 10.1 Å². The van der Waals surface area contributed by atoms with Crippen LogP contribution in [0.4, 0.5) is 0 Å². The molecule has 0 saturated heterocycles. The summed E-state index contributed by atoms with van der Waals surface area (Å²) < 4.78 is 2.01. The summed E-state index contributed by atoms with van der Waals surface area (Å²) in [6.45, 7) is 0. The Morgan fingerprint density at radius 1 is 1.31 bits per heavy atom. The minimum atomic E-state index is 0.930. The highest BCUT2D eigenvalue weighted by Crippen LogP contribution is 2.24. The second-order valence-corrected chi connectivity index (χ2v) is 3.97. The first kappa shape index (κ1) is 9.21. The number of fused-ring (bicyclic) bond motifs is 1. The lowest BCUT2D eigenvalue weighted by atomic mass is 10.0. The number of hydrogen-bond donors (Lipinski definition) is 1. The Balaban J connectivity index is 2.16. The molecule has 3 rings (SSSR count). The summed E-state index contributed by atoms with van der Waals surface area (Å²) in [6, 6.07) is 5.97. The minimum Gasteiger partial charge on any atom is -0.401 e. The van der Waals surface area contributed by atoms with Gasteiger partial charge in [-0.15, -0.1) is 0 Å². The van der Waals surface area contributed by atoms with Crippen LogP contribution in [0.2, 0.25) is 0 Å². The Morgan fingerprint density at radius 3 is 3.06 bits per heavy atom. The van der Waals surface area contributed by atoms with Crippen LogP contribution in [-0.4, -0.2) is 9.38 Å². The molecule has 0 fully saturated rings. The smallest absolute Gasteiger partial charge is 0.137 e. The summed E-state index contributed by atoms with van der Waals surface area (Å²) in [4.78, 5) is 4.56. The first-order valence-electron chi connectivity index (χ1n) is 5.44. The predicted octanol–water partition coefficient (Wildman–Crippen LogP) is 2.35. The molecule has 0 unspecified atom stereocenters. The maximum atomic E-state index is 6.01. The van der Waals surface area contributed by atoms with Crippen LogP contribution in [0.1, 0.15) is 18.5 Å². The highest BCUT2D eigenvalue weighted by atomic mass is 15.0. The van der Waals surface area contributed by atoms with Crippen LogP contribution in [0.3, 0.4) is 0 Å². The number of imidazole rings is 1. The molecule has 0 radical (unpaired) electrons. The van der Waals surface area contributed by atoms with Crippen molar-refractivity contribution in [2.45, 2.75) is 12.8 Å². The van der Waals surface area contributed by atoms with Crippen molar-refractivity contribution >= 4 is 11.2 Å². The van der Waals surface area contributed by atoms with E-state index in [0.29, 0.717) is 0 Å². The lowest BCUT2D eigenvalue weighted by Crippen LogP contribution is -2.03. The van der Waals surface area contributed by atoms with Gasteiger partial charge in [0.1, 0.15) is 5.65 Å². The van der Waals surface area contributed by atoms with Crippen molar-refractivity contribution in [2.24, 2.45) is 5.73 Å². The van der Waals surface area contributed by atoms with Gasteiger partial charge in [0.05, 0.1) is 5.69 Å². The molecule has 80 valence electrons. The van der Waals surface area contributed by atoms with Crippen LogP contribution in [0.5, 0.6) is 0 Å². The van der Waals surface area contributed by atoms with Crippen LogP contribution in [0, 0.1) is 0 Å². The third-order valence-electron chi connectivity index (χ3n) is 2.85. The second kappa shape index (κ2) is 3.52. The molecule has 2 aromatic rings. The lowest BCUT2D eigenvalue weighted by molar-refractivity contribution is 0.948. The Hall–Kier alpha value is -2.03. The standard InChI is InChI=1S/C13H13N3/c14-11-6-2-1-5-10(11)12-9-16-8-4-3-7-13(16)15-12/h1,3-5,7-9H,2,6,14H2. The van der Waals surface area contributed by atoms with Crippen LogP contribution >= 0.6 is 0 Å². The maximum Gasteiger partial charge on any atom is 0.137 e. The Kier molecular flexibility index (Phi) is 2.03. The molecular formula is C13H13N3. The van der Waals surface area contributed by atoms with E-state index in [-0.39, 0.29) is 0 Å². The topological polar surface area (TPSA) is 43.3 Å². The van der Waals surface area contributed by atoms with Crippen molar-refractivity contribution in [1.82, 2.24) is 9.38 Å². The highest BCUT2D eigenvalue weighted by Gasteiger charge is 2.10. The average Bonchev–Trinajstić information content (AvgIpc) is 2.73. The summed E-state index contributed by atoms with van der Waals surface area (Å²) >= 11 is 0. The molecule has 0 saturated carbocycles. The molecule has 3 nitrogen and oxygen atoms in total. The van der Waals surface area contributed by atoms with Crippen LogP contribution in [-0.2, 0) is 0 Å². The van der Waals surface area contributed by atoms with Gasteiger partial charge in [-0.3, -0.25) is 0 Å². The molecule has 0 atom stereocenters. The number of pyridine rings is 1. The summed E-state index contributed by atoms with van der Waals surface area (Å²) in [6.07, 6.45) is 10.2. The molecule has 2 aromatic heterocycles. The molecular weight excluding hydrogens is 198 g/mol. The van der Waals surface area contributed by atoms with E-state index < -0.39 is 0 Å². The molecule has 0 bridgehead atoms. The molecule has 0 spiro atoms.